The molecule has 0 fully saturated rings. The van der Waals surface area contributed by atoms with Gasteiger partial charge in [-0.15, -0.1) is 0 Å². The highest BCUT2D eigenvalue weighted by molar-refractivity contribution is 6.10. The molecule has 2 heterocycles. The van der Waals surface area contributed by atoms with E-state index in [1.54, 1.807) is 0 Å². The average Bonchev–Trinajstić information content (AvgIpc) is 3.83. The summed E-state index contributed by atoms with van der Waals surface area (Å²) < 4.78 is 8.61. The van der Waals surface area contributed by atoms with Crippen molar-refractivity contribution in [1.82, 2.24) is 4.57 Å². The number of hydrogen-bond donors (Lipinski definition) is 0. The van der Waals surface area contributed by atoms with E-state index >= 15 is 0 Å². The number of benzene rings is 9. The van der Waals surface area contributed by atoms with Crippen LogP contribution in [0.3, 0.4) is 0 Å². The van der Waals surface area contributed by atoms with Crippen molar-refractivity contribution < 1.29 is 4.42 Å². The molecule has 3 nitrogen and oxygen atoms in total. The number of rotatable bonds is 7. The van der Waals surface area contributed by atoms with Crippen molar-refractivity contribution >= 4 is 60.8 Å². The molecule has 0 atom stereocenters. The maximum absolute atomic E-state index is 6.21. The lowest BCUT2D eigenvalue weighted by Gasteiger charge is -2.26. The van der Waals surface area contributed by atoms with Crippen LogP contribution in [0.15, 0.2) is 223 Å². The van der Waals surface area contributed by atoms with Crippen molar-refractivity contribution in [1.29, 1.82) is 0 Å². The molecule has 0 saturated carbocycles. The van der Waals surface area contributed by atoms with Crippen molar-refractivity contribution in [2.45, 2.75) is 0 Å². The zero-order chi connectivity index (χ0) is 37.7. The van der Waals surface area contributed by atoms with Gasteiger partial charge in [-0.3, -0.25) is 0 Å². The van der Waals surface area contributed by atoms with Gasteiger partial charge in [0.2, 0.25) is 0 Å². The van der Waals surface area contributed by atoms with E-state index in [0.29, 0.717) is 0 Å². The summed E-state index contributed by atoms with van der Waals surface area (Å²) in [6.07, 6.45) is 0. The zero-order valence-corrected chi connectivity index (χ0v) is 31.1. The first-order valence-corrected chi connectivity index (χ1v) is 19.4. The first-order chi connectivity index (χ1) is 28.3. The normalized spacial score (nSPS) is 11.5. The number of nitrogens with zero attached hydrogens (tertiary/aromatic N) is 2. The smallest absolute Gasteiger partial charge is 0.136 e. The molecular formula is C54H36N2O. The molecule has 11 rings (SSSR count). The van der Waals surface area contributed by atoms with Crippen LogP contribution < -0.4 is 4.90 Å². The Balaban J connectivity index is 0.931. The second-order valence-electron chi connectivity index (χ2n) is 14.5. The van der Waals surface area contributed by atoms with E-state index < -0.39 is 0 Å². The Labute approximate surface area is 330 Å². The molecule has 0 saturated heterocycles. The molecule has 0 N–H and O–H groups in total. The molecule has 0 amide bonds. The molecular weight excluding hydrogens is 693 g/mol. The minimum atomic E-state index is 0.907. The van der Waals surface area contributed by atoms with Crippen molar-refractivity contribution in [2.75, 3.05) is 4.90 Å². The highest BCUT2D eigenvalue weighted by atomic mass is 16.3. The fourth-order valence-electron chi connectivity index (χ4n) is 8.50. The third-order valence-electron chi connectivity index (χ3n) is 11.2. The summed E-state index contributed by atoms with van der Waals surface area (Å²) in [6.45, 7) is 0. The number of para-hydroxylation sites is 5. The second kappa shape index (κ2) is 13.6. The topological polar surface area (TPSA) is 21.3 Å². The largest absolute Gasteiger partial charge is 0.456 e. The molecule has 268 valence electrons. The highest BCUT2D eigenvalue weighted by Crippen LogP contribution is 2.40. The molecule has 0 bridgehead atoms. The van der Waals surface area contributed by atoms with Gasteiger partial charge < -0.3 is 13.9 Å². The number of furan rings is 1. The highest BCUT2D eigenvalue weighted by Gasteiger charge is 2.17. The molecule has 0 unspecified atom stereocenters. The van der Waals surface area contributed by atoms with Gasteiger partial charge in [-0.2, -0.15) is 0 Å². The van der Waals surface area contributed by atoms with Gasteiger partial charge in [0.25, 0.3) is 0 Å². The van der Waals surface area contributed by atoms with E-state index in [4.69, 9.17) is 4.42 Å². The Morgan fingerprint density at radius 3 is 1.54 bits per heavy atom. The molecule has 0 aliphatic carbocycles. The summed E-state index contributed by atoms with van der Waals surface area (Å²) in [5.41, 5.74) is 15.7. The van der Waals surface area contributed by atoms with Gasteiger partial charge in [-0.25, -0.2) is 0 Å². The quantitative estimate of drug-likeness (QED) is 0.163. The molecule has 0 spiro atoms. The van der Waals surface area contributed by atoms with Crippen LogP contribution in [0.1, 0.15) is 0 Å². The van der Waals surface area contributed by atoms with Gasteiger partial charge in [0, 0.05) is 44.2 Å². The summed E-state index contributed by atoms with van der Waals surface area (Å²) in [6, 6.07) is 78.1. The van der Waals surface area contributed by atoms with Gasteiger partial charge in [0.15, 0.2) is 0 Å². The SMILES string of the molecule is c1ccc(N(c2ccc(-c3cccc(-c4ccc5c(c4)oc4ccccc45)c3)cc2)c2ccc(-c3ccccc3-n3c4ccccc4c4ccccc43)cc2)cc1. The summed E-state index contributed by atoms with van der Waals surface area (Å²) in [5.74, 6) is 0. The fraction of sp³-hybridized carbons (Fsp3) is 0. The lowest BCUT2D eigenvalue weighted by atomic mass is 9.98. The van der Waals surface area contributed by atoms with Gasteiger partial charge in [-0.05, 0) is 107 Å². The van der Waals surface area contributed by atoms with E-state index in [-0.39, 0.29) is 0 Å². The van der Waals surface area contributed by atoms with Crippen LogP contribution in [0, 0.1) is 0 Å². The summed E-state index contributed by atoms with van der Waals surface area (Å²) in [4.78, 5) is 2.32. The van der Waals surface area contributed by atoms with Crippen LogP contribution in [0.25, 0.3) is 82.8 Å². The van der Waals surface area contributed by atoms with Gasteiger partial charge in [0.1, 0.15) is 11.2 Å². The Kier molecular flexibility index (Phi) is 7.82. The Morgan fingerprint density at radius 1 is 0.316 bits per heavy atom. The van der Waals surface area contributed by atoms with Crippen LogP contribution in [-0.2, 0) is 0 Å². The van der Waals surface area contributed by atoms with Crippen LogP contribution in [0.5, 0.6) is 0 Å². The van der Waals surface area contributed by atoms with E-state index in [9.17, 15) is 0 Å². The van der Waals surface area contributed by atoms with E-state index in [2.05, 4.69) is 216 Å². The van der Waals surface area contributed by atoms with Crippen LogP contribution >= 0.6 is 0 Å². The number of anilines is 3. The average molecular weight is 729 g/mol. The lowest BCUT2D eigenvalue weighted by molar-refractivity contribution is 0.669. The van der Waals surface area contributed by atoms with Crippen molar-refractivity contribution in [3.8, 4) is 39.1 Å². The van der Waals surface area contributed by atoms with E-state index in [1.165, 1.54) is 38.5 Å². The van der Waals surface area contributed by atoms with Crippen molar-refractivity contribution in [3.63, 3.8) is 0 Å². The Hall–Kier alpha value is -7.62. The molecule has 11 aromatic rings. The van der Waals surface area contributed by atoms with Crippen LogP contribution in [0.2, 0.25) is 0 Å². The molecule has 2 aromatic heterocycles. The first kappa shape index (κ1) is 32.8. The predicted molar refractivity (Wildman–Crippen MR) is 239 cm³/mol. The minimum Gasteiger partial charge on any atom is -0.456 e. The number of fused-ring (bicyclic) bond motifs is 6. The fourth-order valence-corrected chi connectivity index (χ4v) is 8.50. The van der Waals surface area contributed by atoms with Gasteiger partial charge in [-0.1, -0.05) is 140 Å². The molecule has 57 heavy (non-hydrogen) atoms. The molecule has 9 aromatic carbocycles. The second-order valence-corrected chi connectivity index (χ2v) is 14.5. The number of hydrogen-bond acceptors (Lipinski definition) is 2. The Morgan fingerprint density at radius 2 is 0.825 bits per heavy atom. The van der Waals surface area contributed by atoms with Gasteiger partial charge >= 0.3 is 0 Å². The molecule has 0 aliphatic rings. The van der Waals surface area contributed by atoms with Crippen molar-refractivity contribution in [2.24, 2.45) is 0 Å². The third kappa shape index (κ3) is 5.68. The third-order valence-corrected chi connectivity index (χ3v) is 11.2. The van der Waals surface area contributed by atoms with E-state index in [0.717, 1.165) is 61.4 Å². The molecule has 0 radical (unpaired) electrons. The molecule has 3 heteroatoms. The maximum atomic E-state index is 6.21. The maximum Gasteiger partial charge on any atom is 0.136 e. The number of aromatic nitrogens is 1. The standard InChI is InChI=1S/C54H36N2O/c1-2-15-42(16-3-1)55(43-30-25-37(26-31-43)39-13-12-14-40(35-39)41-29-34-49-48-20-7-11-24-53(48)57-54(49)36-41)44-32-27-38(28-33-44)45-17-4-8-21-50(45)56-51-22-9-5-18-46(51)47-19-6-10-23-52(47)56/h1-36H. The summed E-state index contributed by atoms with van der Waals surface area (Å²) >= 11 is 0. The zero-order valence-electron chi connectivity index (χ0n) is 31.1. The minimum absolute atomic E-state index is 0.907. The van der Waals surface area contributed by atoms with Crippen LogP contribution in [0.4, 0.5) is 17.1 Å². The monoisotopic (exact) mass is 728 g/mol. The van der Waals surface area contributed by atoms with E-state index in [1.807, 2.05) is 12.1 Å². The van der Waals surface area contributed by atoms with Crippen LogP contribution in [-0.4, -0.2) is 4.57 Å². The van der Waals surface area contributed by atoms with Crippen molar-refractivity contribution in [3.05, 3.63) is 218 Å². The molecule has 0 aliphatic heterocycles. The lowest BCUT2D eigenvalue weighted by Crippen LogP contribution is -2.09. The Bertz CT molecular complexity index is 3170. The summed E-state index contributed by atoms with van der Waals surface area (Å²) in [7, 11) is 0. The predicted octanol–water partition coefficient (Wildman–Crippen LogP) is 15.2. The first-order valence-electron chi connectivity index (χ1n) is 19.4. The van der Waals surface area contributed by atoms with Gasteiger partial charge in [0.05, 0.1) is 16.7 Å². The summed E-state index contributed by atoms with van der Waals surface area (Å²) in [5, 5.41) is 4.81.